The Morgan fingerprint density at radius 3 is 3.00 bits per heavy atom. The molecule has 1 aromatic carbocycles. The van der Waals surface area contributed by atoms with Crippen LogP contribution in [0.2, 0.25) is 0 Å². The standard InChI is InChI=1S/C20H23N3O3/c1-25-18-11-23(19(24)8-7-17-10-21-14-22-17)13-20(18)9-16(12-26-20)15-5-3-2-4-6-15/h2-8,10,14,16,18H,9,11-13H2,1H3,(H,21,22)/b8-7+/t16-,18-,20-/m1/s1. The Bertz CT molecular complexity index is 775. The van der Waals surface area contributed by atoms with Gasteiger partial charge in [-0.05, 0) is 18.1 Å². The number of aromatic nitrogens is 2. The van der Waals surface area contributed by atoms with E-state index in [1.165, 1.54) is 5.56 Å². The van der Waals surface area contributed by atoms with Crippen molar-refractivity contribution in [1.29, 1.82) is 0 Å². The number of methoxy groups -OCH3 is 1. The maximum absolute atomic E-state index is 12.6. The van der Waals surface area contributed by atoms with Crippen LogP contribution >= 0.6 is 0 Å². The van der Waals surface area contributed by atoms with Crippen LogP contribution < -0.4 is 0 Å². The van der Waals surface area contributed by atoms with E-state index in [-0.39, 0.29) is 12.0 Å². The van der Waals surface area contributed by atoms with E-state index < -0.39 is 5.60 Å². The molecule has 3 heterocycles. The van der Waals surface area contributed by atoms with Crippen LogP contribution in [0, 0.1) is 0 Å². The third-order valence-corrected chi connectivity index (χ3v) is 5.39. The average Bonchev–Trinajstić information content (AvgIpc) is 3.41. The van der Waals surface area contributed by atoms with Gasteiger partial charge in [0.15, 0.2) is 0 Å². The van der Waals surface area contributed by atoms with Crippen molar-refractivity contribution in [1.82, 2.24) is 14.9 Å². The number of hydrogen-bond acceptors (Lipinski definition) is 4. The van der Waals surface area contributed by atoms with E-state index in [9.17, 15) is 4.79 Å². The van der Waals surface area contributed by atoms with Gasteiger partial charge in [-0.1, -0.05) is 30.3 Å². The number of likely N-dealkylation sites (tertiary alicyclic amines) is 1. The average molecular weight is 353 g/mol. The Morgan fingerprint density at radius 2 is 2.27 bits per heavy atom. The molecule has 6 heteroatoms. The van der Waals surface area contributed by atoms with Crippen molar-refractivity contribution in [3.05, 3.63) is 60.2 Å². The highest BCUT2D eigenvalue weighted by Crippen LogP contribution is 2.43. The van der Waals surface area contributed by atoms with Gasteiger partial charge in [-0.25, -0.2) is 4.98 Å². The second-order valence-electron chi connectivity index (χ2n) is 6.97. The highest BCUT2D eigenvalue weighted by molar-refractivity contribution is 5.91. The molecule has 1 spiro atoms. The third kappa shape index (κ3) is 3.18. The van der Waals surface area contributed by atoms with Gasteiger partial charge in [0.05, 0.1) is 37.9 Å². The van der Waals surface area contributed by atoms with Gasteiger partial charge >= 0.3 is 0 Å². The lowest BCUT2D eigenvalue weighted by atomic mass is 9.87. The first-order chi connectivity index (χ1) is 12.7. The maximum Gasteiger partial charge on any atom is 0.246 e. The van der Waals surface area contributed by atoms with Crippen LogP contribution in [0.15, 0.2) is 48.9 Å². The van der Waals surface area contributed by atoms with E-state index in [2.05, 4.69) is 34.2 Å². The number of rotatable bonds is 4. The number of ether oxygens (including phenoxy) is 2. The van der Waals surface area contributed by atoms with Crippen molar-refractivity contribution in [3.63, 3.8) is 0 Å². The molecule has 136 valence electrons. The van der Waals surface area contributed by atoms with E-state index >= 15 is 0 Å². The van der Waals surface area contributed by atoms with Crippen molar-refractivity contribution in [2.24, 2.45) is 0 Å². The fraction of sp³-hybridized carbons (Fsp3) is 0.400. The molecule has 0 radical (unpaired) electrons. The lowest BCUT2D eigenvalue weighted by molar-refractivity contribution is -0.126. The monoisotopic (exact) mass is 353 g/mol. The summed E-state index contributed by atoms with van der Waals surface area (Å²) in [7, 11) is 1.69. The number of carbonyl (C=O) groups is 1. The maximum atomic E-state index is 12.6. The molecule has 2 saturated heterocycles. The van der Waals surface area contributed by atoms with Crippen molar-refractivity contribution in [3.8, 4) is 0 Å². The first kappa shape index (κ1) is 17.0. The van der Waals surface area contributed by atoms with Gasteiger partial charge in [0.2, 0.25) is 5.91 Å². The van der Waals surface area contributed by atoms with Crippen molar-refractivity contribution in [2.75, 3.05) is 26.8 Å². The molecule has 4 rings (SSSR count). The Morgan fingerprint density at radius 1 is 1.42 bits per heavy atom. The van der Waals surface area contributed by atoms with Gasteiger partial charge in [0.1, 0.15) is 11.7 Å². The summed E-state index contributed by atoms with van der Waals surface area (Å²) in [6.07, 6.45) is 7.33. The summed E-state index contributed by atoms with van der Waals surface area (Å²) in [5, 5.41) is 0. The molecule has 2 aliphatic heterocycles. The van der Waals surface area contributed by atoms with Crippen LogP contribution in [-0.4, -0.2) is 59.3 Å². The number of carbonyl (C=O) groups excluding carboxylic acids is 1. The topological polar surface area (TPSA) is 67.5 Å². The van der Waals surface area contributed by atoms with E-state index in [0.29, 0.717) is 25.6 Å². The summed E-state index contributed by atoms with van der Waals surface area (Å²) in [5.74, 6) is 0.301. The number of imidazole rings is 1. The number of benzene rings is 1. The number of hydrogen-bond donors (Lipinski definition) is 1. The molecule has 2 fully saturated rings. The largest absolute Gasteiger partial charge is 0.377 e. The van der Waals surface area contributed by atoms with Gasteiger partial charge in [0, 0.05) is 19.1 Å². The van der Waals surface area contributed by atoms with Crippen LogP contribution in [0.5, 0.6) is 0 Å². The lowest BCUT2D eigenvalue weighted by Crippen LogP contribution is -2.42. The molecule has 6 nitrogen and oxygen atoms in total. The first-order valence-corrected chi connectivity index (χ1v) is 8.87. The summed E-state index contributed by atoms with van der Waals surface area (Å²) >= 11 is 0. The predicted octanol–water partition coefficient (Wildman–Crippen LogP) is 2.22. The molecule has 3 atom stereocenters. The summed E-state index contributed by atoms with van der Waals surface area (Å²) in [6.45, 7) is 1.76. The molecular formula is C20H23N3O3. The summed E-state index contributed by atoms with van der Waals surface area (Å²) in [4.78, 5) is 21.3. The van der Waals surface area contributed by atoms with E-state index in [4.69, 9.17) is 9.47 Å². The number of amides is 1. The van der Waals surface area contributed by atoms with Gasteiger partial charge in [-0.3, -0.25) is 4.79 Å². The molecule has 2 aromatic rings. The van der Waals surface area contributed by atoms with Crippen LogP contribution in [0.1, 0.15) is 23.6 Å². The second-order valence-corrected chi connectivity index (χ2v) is 6.97. The molecule has 0 bridgehead atoms. The molecule has 1 aromatic heterocycles. The molecule has 0 unspecified atom stereocenters. The molecule has 0 saturated carbocycles. The van der Waals surface area contributed by atoms with Crippen molar-refractivity contribution >= 4 is 12.0 Å². The predicted molar refractivity (Wildman–Crippen MR) is 97.5 cm³/mol. The number of aromatic amines is 1. The Kier molecular flexibility index (Phi) is 4.61. The quantitative estimate of drug-likeness (QED) is 0.856. The normalized spacial score (nSPS) is 28.4. The zero-order valence-electron chi connectivity index (χ0n) is 14.8. The van der Waals surface area contributed by atoms with E-state index in [0.717, 1.165) is 12.1 Å². The second kappa shape index (κ2) is 7.05. The van der Waals surface area contributed by atoms with Crippen LogP contribution in [-0.2, 0) is 14.3 Å². The number of nitrogens with one attached hydrogen (secondary N) is 1. The van der Waals surface area contributed by atoms with Crippen LogP contribution in [0.4, 0.5) is 0 Å². The molecule has 2 aliphatic rings. The van der Waals surface area contributed by atoms with Crippen LogP contribution in [0.3, 0.4) is 0 Å². The number of H-pyrrole nitrogens is 1. The lowest BCUT2D eigenvalue weighted by Gasteiger charge is -2.28. The van der Waals surface area contributed by atoms with E-state index in [1.54, 1.807) is 31.8 Å². The van der Waals surface area contributed by atoms with Crippen molar-refractivity contribution < 1.29 is 14.3 Å². The Labute approximate surface area is 152 Å². The third-order valence-electron chi connectivity index (χ3n) is 5.39. The minimum Gasteiger partial charge on any atom is -0.377 e. The molecule has 1 amide bonds. The molecule has 26 heavy (non-hydrogen) atoms. The summed E-state index contributed by atoms with van der Waals surface area (Å²) in [6, 6.07) is 10.4. The molecule has 0 aliphatic carbocycles. The van der Waals surface area contributed by atoms with E-state index in [1.807, 2.05) is 11.0 Å². The zero-order chi connectivity index (χ0) is 18.0. The smallest absolute Gasteiger partial charge is 0.246 e. The fourth-order valence-corrected chi connectivity index (χ4v) is 4.01. The summed E-state index contributed by atoms with van der Waals surface area (Å²) < 4.78 is 11.9. The van der Waals surface area contributed by atoms with Crippen molar-refractivity contribution in [2.45, 2.75) is 24.0 Å². The molecular weight excluding hydrogens is 330 g/mol. The summed E-state index contributed by atoms with van der Waals surface area (Å²) in [5.41, 5.74) is 1.66. The zero-order valence-corrected chi connectivity index (χ0v) is 14.8. The van der Waals surface area contributed by atoms with Gasteiger partial charge in [-0.15, -0.1) is 0 Å². The van der Waals surface area contributed by atoms with Crippen LogP contribution in [0.25, 0.3) is 6.08 Å². The first-order valence-electron chi connectivity index (χ1n) is 8.87. The SMILES string of the molecule is CO[C@@H]1CN(C(=O)/C=C/c2cnc[nH]2)C[C@]12C[C@@H](c1ccccc1)CO2. The number of nitrogens with zero attached hydrogens (tertiary/aromatic N) is 2. The highest BCUT2D eigenvalue weighted by atomic mass is 16.6. The minimum absolute atomic E-state index is 0.0368. The molecule has 1 N–H and O–H groups in total. The van der Waals surface area contributed by atoms with Gasteiger partial charge in [0.25, 0.3) is 0 Å². The fourth-order valence-electron chi connectivity index (χ4n) is 4.01. The van der Waals surface area contributed by atoms with Gasteiger partial charge < -0.3 is 19.4 Å². The Balaban J connectivity index is 1.47. The highest BCUT2D eigenvalue weighted by Gasteiger charge is 2.53. The minimum atomic E-state index is -0.424. The Hall–Kier alpha value is -2.44. The van der Waals surface area contributed by atoms with Gasteiger partial charge in [-0.2, -0.15) is 0 Å².